The van der Waals surface area contributed by atoms with Gasteiger partial charge in [0.15, 0.2) is 11.0 Å². The molecule has 1 fully saturated rings. The zero-order chi connectivity index (χ0) is 26.0. The summed E-state index contributed by atoms with van der Waals surface area (Å²) in [5.41, 5.74) is 1.30. The van der Waals surface area contributed by atoms with E-state index in [9.17, 15) is 14.7 Å². The Labute approximate surface area is 224 Å². The molecule has 0 aromatic carbocycles. The van der Waals surface area contributed by atoms with E-state index in [0.717, 1.165) is 11.3 Å². The van der Waals surface area contributed by atoms with Crippen molar-refractivity contribution in [3.05, 3.63) is 32.1 Å². The van der Waals surface area contributed by atoms with Gasteiger partial charge in [0.25, 0.3) is 5.91 Å². The molecule has 0 aliphatic carbocycles. The highest BCUT2D eigenvalue weighted by Gasteiger charge is 2.34. The van der Waals surface area contributed by atoms with Crippen LogP contribution in [-0.2, 0) is 16.0 Å². The first-order chi connectivity index (χ1) is 17.2. The van der Waals surface area contributed by atoms with Gasteiger partial charge in [0.1, 0.15) is 22.6 Å². The first-order valence-corrected chi connectivity index (χ1v) is 13.0. The number of carbonyl (C=O) groups excluding carboxylic acids is 1. The fraction of sp³-hybridized carbons (Fsp3) is 0.476. The Hall–Kier alpha value is -2.52. The number of carbonyl (C=O) groups is 2. The molecule has 0 spiro atoms. The molecule has 1 aliphatic heterocycles. The van der Waals surface area contributed by atoms with E-state index in [2.05, 4.69) is 41.3 Å². The predicted molar refractivity (Wildman–Crippen MR) is 137 cm³/mol. The van der Waals surface area contributed by atoms with E-state index >= 15 is 0 Å². The smallest absolute Gasteiger partial charge is 0.348 e. The maximum atomic E-state index is 12.9. The summed E-state index contributed by atoms with van der Waals surface area (Å²) in [5.74, 6) is -1.02. The molecule has 4 heterocycles. The highest BCUT2D eigenvalue weighted by atomic mass is 79.9. The van der Waals surface area contributed by atoms with Gasteiger partial charge in [-0.05, 0) is 29.3 Å². The zero-order valence-electron chi connectivity index (χ0n) is 19.7. The third-order valence-electron chi connectivity index (χ3n) is 5.87. The Morgan fingerprint density at radius 3 is 2.83 bits per heavy atom. The van der Waals surface area contributed by atoms with Gasteiger partial charge in [-0.25, -0.2) is 19.4 Å². The molecule has 2 atom stereocenters. The monoisotopic (exact) mass is 601 g/mol. The van der Waals surface area contributed by atoms with Gasteiger partial charge in [-0.1, -0.05) is 22.9 Å². The number of rotatable bonds is 9. The minimum Gasteiger partial charge on any atom is -0.477 e. The summed E-state index contributed by atoms with van der Waals surface area (Å²) < 4.78 is 12.9. The summed E-state index contributed by atoms with van der Waals surface area (Å²) in [4.78, 5) is 38.8. The predicted octanol–water partition coefficient (Wildman–Crippen LogP) is 2.82. The van der Waals surface area contributed by atoms with E-state index in [-0.39, 0.29) is 28.6 Å². The summed E-state index contributed by atoms with van der Waals surface area (Å²) in [6, 6.07) is -0.261. The van der Waals surface area contributed by atoms with Crippen LogP contribution in [0.15, 0.2) is 10.8 Å². The van der Waals surface area contributed by atoms with Gasteiger partial charge < -0.3 is 29.8 Å². The Morgan fingerprint density at radius 1 is 1.42 bits per heavy atom. The Kier molecular flexibility index (Phi) is 8.30. The van der Waals surface area contributed by atoms with Crippen LogP contribution >= 0.6 is 38.9 Å². The molecule has 4 rings (SSSR count). The number of carboxylic acids is 1. The normalized spacial score (nSPS) is 18.0. The van der Waals surface area contributed by atoms with Gasteiger partial charge in [0.2, 0.25) is 0 Å². The standard InChI is InChI=1S/C21H25BrClN7O5S/c1-10-14(23)13(22)15(26-10)19(31)27-11-4-5-29(8-12(11)35-3)21-28-16(17(36-21)20(32)33)18-24-9-25-30(18)6-7-34-2/h9,11-12,26H,4-8H2,1-3H3,(H,27,31)(H,32,33). The fourth-order valence-corrected chi connectivity index (χ4v) is 5.65. The largest absolute Gasteiger partial charge is 0.477 e. The van der Waals surface area contributed by atoms with Crippen LogP contribution in [0.1, 0.15) is 32.3 Å². The van der Waals surface area contributed by atoms with Gasteiger partial charge in [0.05, 0.1) is 34.8 Å². The van der Waals surface area contributed by atoms with Crippen LogP contribution in [0.5, 0.6) is 0 Å². The van der Waals surface area contributed by atoms with Gasteiger partial charge in [-0.2, -0.15) is 5.10 Å². The third-order valence-corrected chi connectivity index (χ3v) is 8.47. The number of anilines is 1. The topological polar surface area (TPSA) is 147 Å². The molecule has 3 N–H and O–H groups in total. The van der Waals surface area contributed by atoms with E-state index < -0.39 is 5.97 Å². The summed E-state index contributed by atoms with van der Waals surface area (Å²) in [6.07, 6.45) is 1.58. The number of aromatic carboxylic acids is 1. The number of aromatic amines is 1. The first kappa shape index (κ1) is 26.5. The minimum atomic E-state index is -1.09. The van der Waals surface area contributed by atoms with E-state index in [1.54, 1.807) is 25.8 Å². The van der Waals surface area contributed by atoms with Crippen LogP contribution < -0.4 is 10.2 Å². The Balaban J connectivity index is 1.52. The number of carboxylic acid groups (broad SMARTS) is 1. The highest BCUT2D eigenvalue weighted by Crippen LogP contribution is 2.34. The van der Waals surface area contributed by atoms with Gasteiger partial charge in [0, 0.05) is 33.0 Å². The first-order valence-electron chi connectivity index (χ1n) is 11.0. The quantitative estimate of drug-likeness (QED) is 0.336. The molecule has 0 saturated carbocycles. The lowest BCUT2D eigenvalue weighted by Crippen LogP contribution is -2.55. The number of methoxy groups -OCH3 is 2. The number of ether oxygens (including phenoxy) is 2. The summed E-state index contributed by atoms with van der Waals surface area (Å²) in [6.45, 7) is 3.55. The van der Waals surface area contributed by atoms with Crippen molar-refractivity contribution < 1.29 is 24.2 Å². The molecule has 36 heavy (non-hydrogen) atoms. The molecule has 15 heteroatoms. The molecular formula is C21H25BrClN7O5S. The van der Waals surface area contributed by atoms with E-state index in [1.165, 1.54) is 6.33 Å². The molecule has 0 radical (unpaired) electrons. The molecule has 1 aliphatic rings. The summed E-state index contributed by atoms with van der Waals surface area (Å²) >= 11 is 10.6. The molecule has 12 nitrogen and oxygen atoms in total. The van der Waals surface area contributed by atoms with Crippen LogP contribution in [0.4, 0.5) is 5.13 Å². The molecule has 2 unspecified atom stereocenters. The second-order valence-corrected chi connectivity index (χ2v) is 10.3. The van der Waals surface area contributed by atoms with Crippen molar-refractivity contribution in [2.24, 2.45) is 0 Å². The number of piperidine rings is 1. The number of hydrogen-bond donors (Lipinski definition) is 3. The van der Waals surface area contributed by atoms with Crippen LogP contribution in [0.3, 0.4) is 0 Å². The SMILES string of the molecule is COCCn1ncnc1-c1nc(N2CCC(NC(=O)c3[nH]c(C)c(Cl)c3Br)C(OC)C2)sc1C(=O)O. The van der Waals surface area contributed by atoms with E-state index in [4.69, 9.17) is 21.1 Å². The number of hydrogen-bond acceptors (Lipinski definition) is 9. The molecule has 194 valence electrons. The number of thiazole rings is 1. The van der Waals surface area contributed by atoms with Gasteiger partial charge in [-0.3, -0.25) is 4.79 Å². The van der Waals surface area contributed by atoms with Crippen molar-refractivity contribution in [1.29, 1.82) is 0 Å². The average Bonchev–Trinajstić information content (AvgIpc) is 3.57. The van der Waals surface area contributed by atoms with Crippen LogP contribution in [0, 0.1) is 6.92 Å². The Bertz CT molecular complexity index is 1260. The van der Waals surface area contributed by atoms with E-state index in [0.29, 0.717) is 64.5 Å². The number of halogens is 2. The maximum Gasteiger partial charge on any atom is 0.348 e. The van der Waals surface area contributed by atoms with Gasteiger partial charge >= 0.3 is 5.97 Å². The fourth-order valence-electron chi connectivity index (χ4n) is 3.99. The molecule has 0 bridgehead atoms. The highest BCUT2D eigenvalue weighted by molar-refractivity contribution is 9.10. The van der Waals surface area contributed by atoms with Crippen molar-refractivity contribution in [1.82, 2.24) is 30.0 Å². The lowest BCUT2D eigenvalue weighted by molar-refractivity contribution is 0.0540. The third kappa shape index (κ3) is 5.27. The molecule has 3 aromatic rings. The maximum absolute atomic E-state index is 12.9. The van der Waals surface area contributed by atoms with Crippen LogP contribution in [0.25, 0.3) is 11.5 Å². The van der Waals surface area contributed by atoms with Crippen LogP contribution in [0.2, 0.25) is 5.02 Å². The van der Waals surface area contributed by atoms with Crippen molar-refractivity contribution in [3.8, 4) is 11.5 Å². The second kappa shape index (κ2) is 11.3. The molecular weight excluding hydrogens is 578 g/mol. The molecule has 1 amide bonds. The molecule has 1 saturated heterocycles. The lowest BCUT2D eigenvalue weighted by Gasteiger charge is -2.37. The number of nitrogens with one attached hydrogen (secondary N) is 2. The number of amides is 1. The lowest BCUT2D eigenvalue weighted by atomic mass is 10.0. The average molecular weight is 603 g/mol. The summed E-state index contributed by atoms with van der Waals surface area (Å²) in [7, 11) is 3.15. The summed E-state index contributed by atoms with van der Waals surface area (Å²) in [5, 5.41) is 18.0. The van der Waals surface area contributed by atoms with Crippen molar-refractivity contribution in [2.45, 2.75) is 32.0 Å². The number of H-pyrrole nitrogens is 1. The van der Waals surface area contributed by atoms with Crippen molar-refractivity contribution in [2.75, 3.05) is 38.8 Å². The molecule has 3 aromatic heterocycles. The second-order valence-electron chi connectivity index (χ2n) is 8.12. The minimum absolute atomic E-state index is 0.0740. The van der Waals surface area contributed by atoms with Gasteiger partial charge in [-0.15, -0.1) is 0 Å². The number of aromatic nitrogens is 5. The van der Waals surface area contributed by atoms with Crippen molar-refractivity contribution in [3.63, 3.8) is 0 Å². The number of nitrogens with zero attached hydrogens (tertiary/aromatic N) is 5. The number of aryl methyl sites for hydroxylation is 1. The zero-order valence-corrected chi connectivity index (χ0v) is 22.9. The Morgan fingerprint density at radius 2 is 2.19 bits per heavy atom. The van der Waals surface area contributed by atoms with E-state index in [1.807, 2.05) is 4.90 Å². The van der Waals surface area contributed by atoms with Crippen LogP contribution in [-0.4, -0.2) is 87.8 Å². The van der Waals surface area contributed by atoms with Crippen molar-refractivity contribution >= 4 is 55.9 Å².